The summed E-state index contributed by atoms with van der Waals surface area (Å²) in [6.07, 6.45) is 5.67. The summed E-state index contributed by atoms with van der Waals surface area (Å²) in [6, 6.07) is 6.68. The average Bonchev–Trinajstić information content (AvgIpc) is 3.17. The molecule has 1 aliphatic carbocycles. The predicted molar refractivity (Wildman–Crippen MR) is 112 cm³/mol. The van der Waals surface area contributed by atoms with Gasteiger partial charge in [0.25, 0.3) is 5.91 Å². The molecular formula is C22H29N3O5. The van der Waals surface area contributed by atoms with Crippen LogP contribution in [-0.2, 0) is 4.79 Å². The van der Waals surface area contributed by atoms with Gasteiger partial charge in [0, 0.05) is 24.2 Å². The number of amides is 2. The van der Waals surface area contributed by atoms with Gasteiger partial charge in [0.05, 0.1) is 14.2 Å². The van der Waals surface area contributed by atoms with Gasteiger partial charge >= 0.3 is 0 Å². The first kappa shape index (κ1) is 21.7. The molecule has 2 amide bonds. The topological polar surface area (TPSA) is 93.9 Å². The van der Waals surface area contributed by atoms with E-state index in [1.54, 1.807) is 36.1 Å². The van der Waals surface area contributed by atoms with Gasteiger partial charge in [-0.05, 0) is 37.8 Å². The molecule has 2 aromatic rings. The first-order valence-electron chi connectivity index (χ1n) is 10.2. The van der Waals surface area contributed by atoms with Crippen molar-refractivity contribution in [1.82, 2.24) is 10.1 Å². The van der Waals surface area contributed by atoms with Crippen molar-refractivity contribution < 1.29 is 23.6 Å². The molecule has 1 N–H and O–H groups in total. The van der Waals surface area contributed by atoms with Crippen molar-refractivity contribution in [2.75, 3.05) is 32.6 Å². The molecule has 0 unspecified atom stereocenters. The third-order valence-corrected chi connectivity index (χ3v) is 5.32. The smallest absolute Gasteiger partial charge is 0.254 e. The van der Waals surface area contributed by atoms with Crippen molar-refractivity contribution in [2.24, 2.45) is 5.92 Å². The van der Waals surface area contributed by atoms with Crippen LogP contribution in [0.3, 0.4) is 0 Å². The van der Waals surface area contributed by atoms with Gasteiger partial charge in [0.2, 0.25) is 5.91 Å². The number of methoxy groups -OCH3 is 2. The number of ether oxygens (including phenoxy) is 2. The SMILES string of the molecule is COc1cc(OC)cc(C(=O)N(CC(=O)Nc2cc(C)on2)CC2CCCCC2)c1. The van der Waals surface area contributed by atoms with Crippen molar-refractivity contribution in [3.05, 3.63) is 35.6 Å². The summed E-state index contributed by atoms with van der Waals surface area (Å²) in [4.78, 5) is 27.6. The number of nitrogens with zero attached hydrogens (tertiary/aromatic N) is 2. The van der Waals surface area contributed by atoms with E-state index in [1.807, 2.05) is 0 Å². The van der Waals surface area contributed by atoms with Gasteiger partial charge in [0.1, 0.15) is 23.8 Å². The summed E-state index contributed by atoms with van der Waals surface area (Å²) in [5.74, 6) is 1.83. The lowest BCUT2D eigenvalue weighted by Gasteiger charge is -2.29. The van der Waals surface area contributed by atoms with E-state index in [2.05, 4.69) is 10.5 Å². The molecule has 8 nitrogen and oxygen atoms in total. The molecule has 1 aromatic carbocycles. The zero-order valence-corrected chi connectivity index (χ0v) is 17.8. The van der Waals surface area contributed by atoms with Crippen molar-refractivity contribution >= 4 is 17.6 Å². The summed E-state index contributed by atoms with van der Waals surface area (Å²) in [6.45, 7) is 2.21. The number of hydrogen-bond donors (Lipinski definition) is 1. The summed E-state index contributed by atoms with van der Waals surface area (Å²) >= 11 is 0. The first-order valence-corrected chi connectivity index (χ1v) is 10.2. The number of aryl methyl sites for hydroxylation is 1. The Balaban J connectivity index is 1.78. The standard InChI is InChI=1S/C22H29N3O5/c1-15-9-20(24-30-15)23-21(26)14-25(13-16-7-5-4-6-8-16)22(27)17-10-18(28-2)12-19(11-17)29-3/h9-12,16H,4-8,13-14H2,1-3H3,(H,23,24,26). The highest BCUT2D eigenvalue weighted by atomic mass is 16.5. The molecule has 0 aliphatic heterocycles. The fourth-order valence-electron chi connectivity index (χ4n) is 3.80. The summed E-state index contributed by atoms with van der Waals surface area (Å²) in [7, 11) is 3.08. The molecule has 1 fully saturated rings. The molecule has 162 valence electrons. The second-order valence-electron chi connectivity index (χ2n) is 7.66. The lowest BCUT2D eigenvalue weighted by molar-refractivity contribution is -0.117. The highest BCUT2D eigenvalue weighted by Crippen LogP contribution is 2.27. The molecule has 8 heteroatoms. The average molecular weight is 415 g/mol. The van der Waals surface area contributed by atoms with Crippen molar-refractivity contribution in [3.63, 3.8) is 0 Å². The normalized spacial score (nSPS) is 14.2. The highest BCUT2D eigenvalue weighted by molar-refractivity contribution is 5.99. The Kier molecular flexibility index (Phi) is 7.32. The van der Waals surface area contributed by atoms with Gasteiger partial charge in [-0.3, -0.25) is 9.59 Å². The molecule has 30 heavy (non-hydrogen) atoms. The van der Waals surface area contributed by atoms with E-state index in [9.17, 15) is 9.59 Å². The van der Waals surface area contributed by atoms with Gasteiger partial charge in [-0.15, -0.1) is 0 Å². The first-order chi connectivity index (χ1) is 14.5. The third-order valence-electron chi connectivity index (χ3n) is 5.32. The number of anilines is 1. The minimum absolute atomic E-state index is 0.0687. The fourth-order valence-corrected chi connectivity index (χ4v) is 3.80. The van der Waals surface area contributed by atoms with Crippen molar-refractivity contribution in [2.45, 2.75) is 39.0 Å². The maximum Gasteiger partial charge on any atom is 0.254 e. The predicted octanol–water partition coefficient (Wildman–Crippen LogP) is 3.66. The van der Waals surface area contributed by atoms with Crippen LogP contribution < -0.4 is 14.8 Å². The second kappa shape index (κ2) is 10.1. The van der Waals surface area contributed by atoms with Crippen LogP contribution in [0, 0.1) is 12.8 Å². The molecule has 0 radical (unpaired) electrons. The lowest BCUT2D eigenvalue weighted by Crippen LogP contribution is -2.41. The molecule has 0 atom stereocenters. The molecule has 3 rings (SSSR count). The Labute approximate surface area is 176 Å². The number of nitrogens with one attached hydrogen (secondary N) is 1. The zero-order valence-electron chi connectivity index (χ0n) is 17.8. The molecule has 1 saturated carbocycles. The minimum atomic E-state index is -0.317. The van der Waals surface area contributed by atoms with Gasteiger partial charge < -0.3 is 24.2 Å². The van der Waals surface area contributed by atoms with Crippen LogP contribution in [0.15, 0.2) is 28.8 Å². The Bertz CT molecular complexity index is 851. The number of carbonyl (C=O) groups excluding carboxylic acids is 2. The number of rotatable bonds is 8. The van der Waals surface area contributed by atoms with E-state index < -0.39 is 0 Å². The maximum atomic E-state index is 13.3. The zero-order chi connectivity index (χ0) is 21.5. The lowest BCUT2D eigenvalue weighted by atomic mass is 9.89. The van der Waals surface area contributed by atoms with Crippen LogP contribution in [0.5, 0.6) is 11.5 Å². The fraction of sp³-hybridized carbons (Fsp3) is 0.500. The molecule has 0 bridgehead atoms. The molecule has 1 aromatic heterocycles. The molecule has 0 spiro atoms. The van der Waals surface area contributed by atoms with Crippen LogP contribution >= 0.6 is 0 Å². The monoisotopic (exact) mass is 415 g/mol. The largest absolute Gasteiger partial charge is 0.497 e. The van der Waals surface area contributed by atoms with E-state index in [-0.39, 0.29) is 18.4 Å². The van der Waals surface area contributed by atoms with E-state index in [0.29, 0.717) is 41.1 Å². The maximum absolute atomic E-state index is 13.3. The summed E-state index contributed by atoms with van der Waals surface area (Å²) in [5.41, 5.74) is 0.423. The van der Waals surface area contributed by atoms with Gasteiger partial charge in [-0.1, -0.05) is 24.4 Å². The number of carbonyl (C=O) groups is 2. The Morgan fingerprint density at radius 1 is 1.10 bits per heavy atom. The summed E-state index contributed by atoms with van der Waals surface area (Å²) < 4.78 is 15.6. The van der Waals surface area contributed by atoms with Crippen LogP contribution in [0.2, 0.25) is 0 Å². The number of benzene rings is 1. The van der Waals surface area contributed by atoms with Crippen LogP contribution in [0.1, 0.15) is 48.2 Å². The van der Waals surface area contributed by atoms with E-state index in [0.717, 1.165) is 25.7 Å². The number of aromatic nitrogens is 1. The van der Waals surface area contributed by atoms with Gasteiger partial charge in [-0.2, -0.15) is 0 Å². The van der Waals surface area contributed by atoms with E-state index in [1.165, 1.54) is 20.6 Å². The quantitative estimate of drug-likeness (QED) is 0.707. The second-order valence-corrected chi connectivity index (χ2v) is 7.66. The Morgan fingerprint density at radius 3 is 2.33 bits per heavy atom. The van der Waals surface area contributed by atoms with E-state index in [4.69, 9.17) is 14.0 Å². The van der Waals surface area contributed by atoms with Gasteiger partial charge in [0.15, 0.2) is 5.82 Å². The van der Waals surface area contributed by atoms with Crippen LogP contribution in [-0.4, -0.2) is 49.2 Å². The third kappa shape index (κ3) is 5.75. The minimum Gasteiger partial charge on any atom is -0.497 e. The molecular weight excluding hydrogens is 386 g/mol. The van der Waals surface area contributed by atoms with Crippen molar-refractivity contribution in [1.29, 1.82) is 0 Å². The van der Waals surface area contributed by atoms with E-state index >= 15 is 0 Å². The number of hydrogen-bond acceptors (Lipinski definition) is 6. The van der Waals surface area contributed by atoms with Gasteiger partial charge in [-0.25, -0.2) is 0 Å². The van der Waals surface area contributed by atoms with Crippen LogP contribution in [0.4, 0.5) is 5.82 Å². The molecule has 0 saturated heterocycles. The Morgan fingerprint density at radius 2 is 1.77 bits per heavy atom. The molecule has 1 aliphatic rings. The Hall–Kier alpha value is -3.03. The van der Waals surface area contributed by atoms with Crippen LogP contribution in [0.25, 0.3) is 0 Å². The molecule has 1 heterocycles. The highest BCUT2D eigenvalue weighted by Gasteiger charge is 2.25. The van der Waals surface area contributed by atoms with Crippen molar-refractivity contribution in [3.8, 4) is 11.5 Å². The summed E-state index contributed by atoms with van der Waals surface area (Å²) in [5, 5.41) is 6.48.